The Balaban J connectivity index is 2.57. The summed E-state index contributed by atoms with van der Waals surface area (Å²) < 4.78 is 5.36. The molecule has 0 fully saturated rings. The smallest absolute Gasteiger partial charge is 0.222 e. The number of likely N-dealkylation sites (N-methyl/N-ethyl adjacent to an activating group) is 1. The molecule has 0 aromatic carbocycles. The summed E-state index contributed by atoms with van der Waals surface area (Å²) in [4.78, 5) is 13.5. The highest BCUT2D eigenvalue weighted by atomic mass is 16.3. The molecule has 0 aliphatic carbocycles. The van der Waals surface area contributed by atoms with Gasteiger partial charge >= 0.3 is 0 Å². The van der Waals surface area contributed by atoms with Crippen LogP contribution in [0.1, 0.15) is 25.6 Å². The molecule has 0 saturated carbocycles. The molecule has 1 aromatic heterocycles. The molecule has 16 heavy (non-hydrogen) atoms. The lowest BCUT2D eigenvalue weighted by molar-refractivity contribution is -0.124. The molecule has 1 atom stereocenters. The van der Waals surface area contributed by atoms with E-state index in [1.54, 1.807) is 6.26 Å². The van der Waals surface area contributed by atoms with Crippen molar-refractivity contribution in [3.05, 3.63) is 24.2 Å². The second-order valence-corrected chi connectivity index (χ2v) is 4.39. The number of nitrogens with zero attached hydrogens (tertiary/aromatic N) is 1. The minimum atomic E-state index is 0.0133. The molecular weight excluding hydrogens is 204 g/mol. The van der Waals surface area contributed by atoms with Gasteiger partial charge in [0.1, 0.15) is 5.76 Å². The minimum Gasteiger partial charge on any atom is -0.468 e. The third kappa shape index (κ3) is 3.38. The summed E-state index contributed by atoms with van der Waals surface area (Å²) in [7, 11) is 3.93. The third-order valence-electron chi connectivity index (χ3n) is 2.49. The number of nitrogens with one attached hydrogen (secondary N) is 1. The van der Waals surface area contributed by atoms with E-state index in [0.29, 0.717) is 6.54 Å². The SMILES string of the molecule is CC(C)C(=O)NC[C@H](c1ccco1)N(C)C. The topological polar surface area (TPSA) is 45.5 Å². The monoisotopic (exact) mass is 224 g/mol. The summed E-state index contributed by atoms with van der Waals surface area (Å²) in [6, 6.07) is 3.86. The molecule has 0 aliphatic rings. The van der Waals surface area contributed by atoms with Gasteiger partial charge in [0, 0.05) is 12.5 Å². The average Bonchev–Trinajstić information content (AvgIpc) is 2.70. The van der Waals surface area contributed by atoms with Gasteiger partial charge in [0.2, 0.25) is 5.91 Å². The van der Waals surface area contributed by atoms with E-state index in [2.05, 4.69) is 5.32 Å². The normalized spacial score (nSPS) is 13.1. The molecule has 0 bridgehead atoms. The molecule has 1 aromatic rings. The standard InChI is InChI=1S/C12H20N2O2/c1-9(2)12(15)13-8-10(14(3)4)11-6-5-7-16-11/h5-7,9-10H,8H2,1-4H3,(H,13,15)/t10-/m1/s1. The minimum absolute atomic E-state index is 0.0133. The van der Waals surface area contributed by atoms with Gasteiger partial charge in [0.25, 0.3) is 0 Å². The number of carbonyl (C=O) groups excluding carboxylic acids is 1. The Morgan fingerprint density at radius 1 is 1.50 bits per heavy atom. The number of furan rings is 1. The van der Waals surface area contributed by atoms with E-state index in [9.17, 15) is 4.79 Å². The maximum atomic E-state index is 11.5. The van der Waals surface area contributed by atoms with Crippen LogP contribution in [0.4, 0.5) is 0 Å². The molecule has 0 radical (unpaired) electrons. The second-order valence-electron chi connectivity index (χ2n) is 4.39. The lowest BCUT2D eigenvalue weighted by atomic mass is 10.1. The largest absolute Gasteiger partial charge is 0.468 e. The summed E-state index contributed by atoms with van der Waals surface area (Å²) >= 11 is 0. The van der Waals surface area contributed by atoms with E-state index >= 15 is 0 Å². The molecule has 0 aliphatic heterocycles. The lowest BCUT2D eigenvalue weighted by Crippen LogP contribution is -2.36. The first-order valence-electron chi connectivity index (χ1n) is 5.50. The fraction of sp³-hybridized carbons (Fsp3) is 0.583. The van der Waals surface area contributed by atoms with Gasteiger partial charge in [-0.15, -0.1) is 0 Å². The zero-order valence-corrected chi connectivity index (χ0v) is 10.4. The van der Waals surface area contributed by atoms with E-state index in [1.165, 1.54) is 0 Å². The quantitative estimate of drug-likeness (QED) is 0.827. The predicted molar refractivity (Wildman–Crippen MR) is 63.0 cm³/mol. The highest BCUT2D eigenvalue weighted by Crippen LogP contribution is 2.17. The molecule has 1 heterocycles. The van der Waals surface area contributed by atoms with Crippen molar-refractivity contribution < 1.29 is 9.21 Å². The first-order chi connectivity index (χ1) is 7.52. The Bertz CT molecular complexity index is 318. The van der Waals surface area contributed by atoms with Gasteiger partial charge in [-0.05, 0) is 26.2 Å². The summed E-state index contributed by atoms with van der Waals surface area (Å²) in [6.45, 7) is 4.33. The molecule has 4 heteroatoms. The molecule has 0 spiro atoms. The van der Waals surface area contributed by atoms with E-state index < -0.39 is 0 Å². The molecule has 4 nitrogen and oxygen atoms in total. The van der Waals surface area contributed by atoms with Gasteiger partial charge in [-0.25, -0.2) is 0 Å². The van der Waals surface area contributed by atoms with Crippen LogP contribution in [0.25, 0.3) is 0 Å². The van der Waals surface area contributed by atoms with Crippen molar-refractivity contribution in [2.24, 2.45) is 5.92 Å². The Hall–Kier alpha value is -1.29. The van der Waals surface area contributed by atoms with Crippen LogP contribution in [-0.2, 0) is 4.79 Å². The van der Waals surface area contributed by atoms with Gasteiger partial charge < -0.3 is 9.73 Å². The van der Waals surface area contributed by atoms with Crippen LogP contribution in [0, 0.1) is 5.92 Å². The van der Waals surface area contributed by atoms with Gasteiger partial charge in [0.15, 0.2) is 0 Å². The van der Waals surface area contributed by atoms with Crippen molar-refractivity contribution in [2.75, 3.05) is 20.6 Å². The molecule has 0 unspecified atom stereocenters. The van der Waals surface area contributed by atoms with Crippen molar-refractivity contribution >= 4 is 5.91 Å². The van der Waals surface area contributed by atoms with Crippen LogP contribution in [0.3, 0.4) is 0 Å². The molecule has 1 amide bonds. The van der Waals surface area contributed by atoms with E-state index in [1.807, 2.05) is 45.0 Å². The van der Waals surface area contributed by atoms with Gasteiger partial charge in [0.05, 0.1) is 12.3 Å². The maximum absolute atomic E-state index is 11.5. The van der Waals surface area contributed by atoms with Crippen molar-refractivity contribution in [3.63, 3.8) is 0 Å². The average molecular weight is 224 g/mol. The van der Waals surface area contributed by atoms with Gasteiger partial charge in [-0.1, -0.05) is 13.8 Å². The van der Waals surface area contributed by atoms with Crippen molar-refractivity contribution in [3.8, 4) is 0 Å². The van der Waals surface area contributed by atoms with Crippen LogP contribution < -0.4 is 5.32 Å². The highest BCUT2D eigenvalue weighted by Gasteiger charge is 2.18. The number of amides is 1. The van der Waals surface area contributed by atoms with E-state index in [4.69, 9.17) is 4.42 Å². The Morgan fingerprint density at radius 2 is 2.19 bits per heavy atom. The molecule has 90 valence electrons. The zero-order valence-electron chi connectivity index (χ0n) is 10.4. The maximum Gasteiger partial charge on any atom is 0.222 e. The van der Waals surface area contributed by atoms with Gasteiger partial charge in [-0.2, -0.15) is 0 Å². The lowest BCUT2D eigenvalue weighted by Gasteiger charge is -2.23. The number of rotatable bonds is 5. The Morgan fingerprint density at radius 3 is 2.62 bits per heavy atom. The van der Waals surface area contributed by atoms with Crippen LogP contribution in [0.2, 0.25) is 0 Å². The van der Waals surface area contributed by atoms with E-state index in [-0.39, 0.29) is 17.9 Å². The summed E-state index contributed by atoms with van der Waals surface area (Å²) in [5.41, 5.74) is 0. The number of hydrogen-bond donors (Lipinski definition) is 1. The van der Waals surface area contributed by atoms with Crippen molar-refractivity contribution in [1.29, 1.82) is 0 Å². The van der Waals surface area contributed by atoms with Crippen LogP contribution >= 0.6 is 0 Å². The second kappa shape index (κ2) is 5.70. The highest BCUT2D eigenvalue weighted by molar-refractivity contribution is 5.77. The molecule has 1 N–H and O–H groups in total. The first kappa shape index (κ1) is 12.8. The first-order valence-corrected chi connectivity index (χ1v) is 5.50. The fourth-order valence-corrected chi connectivity index (χ4v) is 1.42. The molecule has 0 saturated heterocycles. The summed E-state index contributed by atoms with van der Waals surface area (Å²) in [5, 5.41) is 2.91. The Labute approximate surface area is 96.6 Å². The predicted octanol–water partition coefficient (Wildman–Crippen LogP) is 1.65. The van der Waals surface area contributed by atoms with Crippen LogP contribution in [-0.4, -0.2) is 31.4 Å². The molecule has 1 rings (SSSR count). The summed E-state index contributed by atoms with van der Waals surface area (Å²) in [5.74, 6) is 0.951. The van der Waals surface area contributed by atoms with Crippen molar-refractivity contribution in [2.45, 2.75) is 19.9 Å². The van der Waals surface area contributed by atoms with E-state index in [0.717, 1.165) is 5.76 Å². The zero-order chi connectivity index (χ0) is 12.1. The third-order valence-corrected chi connectivity index (χ3v) is 2.49. The van der Waals surface area contributed by atoms with Crippen molar-refractivity contribution in [1.82, 2.24) is 10.2 Å². The molecular formula is C12H20N2O2. The van der Waals surface area contributed by atoms with Gasteiger partial charge in [-0.3, -0.25) is 9.69 Å². The van der Waals surface area contributed by atoms with Crippen LogP contribution in [0.5, 0.6) is 0 Å². The fourth-order valence-electron chi connectivity index (χ4n) is 1.42. The number of hydrogen-bond acceptors (Lipinski definition) is 3. The Kier molecular flexibility index (Phi) is 4.55. The van der Waals surface area contributed by atoms with Crippen LogP contribution in [0.15, 0.2) is 22.8 Å². The number of carbonyl (C=O) groups is 1. The summed E-state index contributed by atoms with van der Waals surface area (Å²) in [6.07, 6.45) is 1.65.